The third kappa shape index (κ3) is 6.37. The standard InChI is InChI=1S/C22H21F3N2O3/c23-22(24,25)30-19-9-7-18(8-10-19)26-21(29)17-12-14-27(15-13-17)20(28)11-6-16-4-2-1-3-5-16/h1-11,17H,12-15H2,(H,26,29). The fourth-order valence-electron chi connectivity index (χ4n) is 3.18. The molecule has 0 spiro atoms. The lowest BCUT2D eigenvalue weighted by Crippen LogP contribution is -2.40. The first-order valence-electron chi connectivity index (χ1n) is 9.49. The second-order valence-corrected chi connectivity index (χ2v) is 6.91. The van der Waals surface area contributed by atoms with E-state index in [9.17, 15) is 22.8 Å². The summed E-state index contributed by atoms with van der Waals surface area (Å²) >= 11 is 0. The van der Waals surface area contributed by atoms with Crippen molar-refractivity contribution in [3.05, 3.63) is 66.2 Å². The summed E-state index contributed by atoms with van der Waals surface area (Å²) in [4.78, 5) is 26.4. The number of carbonyl (C=O) groups excluding carboxylic acids is 2. The molecule has 2 aromatic rings. The molecule has 0 radical (unpaired) electrons. The number of hydrogen-bond donors (Lipinski definition) is 1. The van der Waals surface area contributed by atoms with E-state index in [-0.39, 0.29) is 23.5 Å². The van der Waals surface area contributed by atoms with Crippen molar-refractivity contribution in [3.63, 3.8) is 0 Å². The van der Waals surface area contributed by atoms with Crippen LogP contribution in [-0.4, -0.2) is 36.2 Å². The number of halogens is 3. The maximum atomic E-state index is 12.4. The molecule has 2 amide bonds. The Balaban J connectivity index is 1.47. The van der Waals surface area contributed by atoms with Crippen LogP contribution in [0, 0.1) is 5.92 Å². The zero-order valence-corrected chi connectivity index (χ0v) is 16.1. The molecular formula is C22H21F3N2O3. The minimum Gasteiger partial charge on any atom is -0.406 e. The van der Waals surface area contributed by atoms with E-state index in [1.54, 1.807) is 11.0 Å². The highest BCUT2D eigenvalue weighted by molar-refractivity contribution is 5.94. The fourth-order valence-corrected chi connectivity index (χ4v) is 3.18. The number of carbonyl (C=O) groups is 2. The van der Waals surface area contributed by atoms with Crippen molar-refractivity contribution in [3.8, 4) is 5.75 Å². The number of nitrogens with one attached hydrogen (secondary N) is 1. The van der Waals surface area contributed by atoms with Crippen LogP contribution in [0.25, 0.3) is 6.08 Å². The molecule has 1 aliphatic rings. The Morgan fingerprint density at radius 3 is 2.23 bits per heavy atom. The molecule has 3 rings (SSSR count). The van der Waals surface area contributed by atoms with Gasteiger partial charge in [-0.25, -0.2) is 0 Å². The molecule has 0 unspecified atom stereocenters. The summed E-state index contributed by atoms with van der Waals surface area (Å²) in [7, 11) is 0. The average Bonchev–Trinajstić information content (AvgIpc) is 2.73. The van der Waals surface area contributed by atoms with Gasteiger partial charge < -0.3 is 15.0 Å². The van der Waals surface area contributed by atoms with E-state index < -0.39 is 6.36 Å². The number of nitrogens with zero attached hydrogens (tertiary/aromatic N) is 1. The summed E-state index contributed by atoms with van der Waals surface area (Å²) in [5.41, 5.74) is 1.32. The lowest BCUT2D eigenvalue weighted by Gasteiger charge is -2.30. The average molecular weight is 418 g/mol. The van der Waals surface area contributed by atoms with Crippen molar-refractivity contribution < 1.29 is 27.5 Å². The molecule has 8 heteroatoms. The molecule has 1 fully saturated rings. The smallest absolute Gasteiger partial charge is 0.406 e. The molecule has 0 bridgehead atoms. The first-order valence-corrected chi connectivity index (χ1v) is 9.49. The number of alkyl halides is 3. The number of piperidine rings is 1. The summed E-state index contributed by atoms with van der Waals surface area (Å²) in [5, 5.41) is 2.70. The SMILES string of the molecule is O=C(Nc1ccc(OC(F)(F)F)cc1)C1CCN(C(=O)C=Cc2ccccc2)CC1. The van der Waals surface area contributed by atoms with Crippen LogP contribution in [-0.2, 0) is 9.59 Å². The Kier molecular flexibility index (Phi) is 6.76. The van der Waals surface area contributed by atoms with Crippen molar-refractivity contribution in [2.24, 2.45) is 5.92 Å². The second-order valence-electron chi connectivity index (χ2n) is 6.91. The molecule has 158 valence electrons. The normalized spacial score (nSPS) is 15.2. The number of benzene rings is 2. The van der Waals surface area contributed by atoms with Crippen LogP contribution in [0.2, 0.25) is 0 Å². The Hall–Kier alpha value is -3.29. The van der Waals surface area contributed by atoms with Crippen LogP contribution in [0.4, 0.5) is 18.9 Å². The lowest BCUT2D eigenvalue weighted by atomic mass is 9.95. The number of anilines is 1. The Morgan fingerprint density at radius 2 is 1.63 bits per heavy atom. The largest absolute Gasteiger partial charge is 0.573 e. The Labute approximate surface area is 172 Å². The Morgan fingerprint density at radius 1 is 1.00 bits per heavy atom. The van der Waals surface area contributed by atoms with Crippen LogP contribution in [0.1, 0.15) is 18.4 Å². The monoisotopic (exact) mass is 418 g/mol. The molecule has 2 aromatic carbocycles. The summed E-state index contributed by atoms with van der Waals surface area (Å²) in [6.45, 7) is 0.933. The Bertz CT molecular complexity index is 888. The van der Waals surface area contributed by atoms with E-state index in [1.165, 1.54) is 18.2 Å². The first-order chi connectivity index (χ1) is 14.3. The van der Waals surface area contributed by atoms with Crippen LogP contribution in [0.5, 0.6) is 5.75 Å². The van der Waals surface area contributed by atoms with E-state index in [4.69, 9.17) is 0 Å². The topological polar surface area (TPSA) is 58.6 Å². The third-order valence-electron chi connectivity index (χ3n) is 4.75. The van der Waals surface area contributed by atoms with Crippen molar-refractivity contribution in [1.82, 2.24) is 4.90 Å². The van der Waals surface area contributed by atoms with Gasteiger partial charge in [-0.2, -0.15) is 0 Å². The number of ether oxygens (including phenoxy) is 1. The maximum absolute atomic E-state index is 12.4. The molecule has 1 N–H and O–H groups in total. The van der Waals surface area contributed by atoms with Gasteiger partial charge >= 0.3 is 6.36 Å². The number of amides is 2. The van der Waals surface area contributed by atoms with E-state index >= 15 is 0 Å². The number of rotatable bonds is 5. The van der Waals surface area contributed by atoms with E-state index in [2.05, 4.69) is 10.1 Å². The molecule has 30 heavy (non-hydrogen) atoms. The molecule has 1 heterocycles. The van der Waals surface area contributed by atoms with E-state index in [1.807, 2.05) is 30.3 Å². The van der Waals surface area contributed by atoms with Gasteiger partial charge in [-0.3, -0.25) is 9.59 Å². The van der Waals surface area contributed by atoms with Crippen LogP contribution < -0.4 is 10.1 Å². The number of likely N-dealkylation sites (tertiary alicyclic amines) is 1. The van der Waals surface area contributed by atoms with Gasteiger partial charge in [0.15, 0.2) is 0 Å². The number of hydrogen-bond acceptors (Lipinski definition) is 3. The molecule has 0 aromatic heterocycles. The van der Waals surface area contributed by atoms with Crippen molar-refractivity contribution >= 4 is 23.6 Å². The molecular weight excluding hydrogens is 397 g/mol. The van der Waals surface area contributed by atoms with Gasteiger partial charge in [-0.1, -0.05) is 30.3 Å². The first kappa shape index (κ1) is 21.4. The van der Waals surface area contributed by atoms with Crippen molar-refractivity contribution in [2.45, 2.75) is 19.2 Å². The van der Waals surface area contributed by atoms with Gasteiger partial charge in [0.2, 0.25) is 11.8 Å². The van der Waals surface area contributed by atoms with Crippen LogP contribution in [0.15, 0.2) is 60.7 Å². The van der Waals surface area contributed by atoms with Crippen molar-refractivity contribution in [2.75, 3.05) is 18.4 Å². The van der Waals surface area contributed by atoms with Gasteiger partial charge in [0.1, 0.15) is 5.75 Å². The summed E-state index contributed by atoms with van der Waals surface area (Å²) in [6, 6.07) is 14.5. The highest BCUT2D eigenvalue weighted by Gasteiger charge is 2.31. The van der Waals surface area contributed by atoms with Gasteiger partial charge in [0.25, 0.3) is 0 Å². The highest BCUT2D eigenvalue weighted by atomic mass is 19.4. The molecule has 0 aliphatic carbocycles. The van der Waals surface area contributed by atoms with Crippen LogP contribution in [0.3, 0.4) is 0 Å². The van der Waals surface area contributed by atoms with Gasteiger partial charge in [0, 0.05) is 30.8 Å². The zero-order chi connectivity index (χ0) is 21.6. The third-order valence-corrected chi connectivity index (χ3v) is 4.75. The molecule has 5 nitrogen and oxygen atoms in total. The van der Waals surface area contributed by atoms with E-state index in [0.29, 0.717) is 31.6 Å². The van der Waals surface area contributed by atoms with Crippen LogP contribution >= 0.6 is 0 Å². The summed E-state index contributed by atoms with van der Waals surface area (Å²) in [5.74, 6) is -0.932. The lowest BCUT2D eigenvalue weighted by molar-refractivity contribution is -0.274. The predicted molar refractivity (Wildman–Crippen MR) is 107 cm³/mol. The predicted octanol–water partition coefficient (Wildman–Crippen LogP) is 4.48. The second kappa shape index (κ2) is 9.47. The molecule has 1 aliphatic heterocycles. The van der Waals surface area contributed by atoms with Crippen molar-refractivity contribution in [1.29, 1.82) is 0 Å². The minimum absolute atomic E-state index is 0.0991. The fraction of sp³-hybridized carbons (Fsp3) is 0.273. The highest BCUT2D eigenvalue weighted by Crippen LogP contribution is 2.25. The van der Waals surface area contributed by atoms with E-state index in [0.717, 1.165) is 17.7 Å². The molecule has 0 atom stereocenters. The maximum Gasteiger partial charge on any atom is 0.573 e. The molecule has 1 saturated heterocycles. The quantitative estimate of drug-likeness (QED) is 0.729. The van der Waals surface area contributed by atoms with Gasteiger partial charge in [-0.05, 0) is 48.7 Å². The summed E-state index contributed by atoms with van der Waals surface area (Å²) < 4.78 is 40.4. The minimum atomic E-state index is -4.76. The zero-order valence-electron chi connectivity index (χ0n) is 16.1. The summed E-state index contributed by atoms with van der Waals surface area (Å²) in [6.07, 6.45) is -0.432. The molecule has 0 saturated carbocycles. The van der Waals surface area contributed by atoms with Gasteiger partial charge in [-0.15, -0.1) is 13.2 Å². The van der Waals surface area contributed by atoms with Gasteiger partial charge in [0.05, 0.1) is 0 Å².